The molecule has 0 saturated heterocycles. The smallest absolute Gasteiger partial charge is 0.161 e. The highest BCUT2D eigenvalue weighted by molar-refractivity contribution is 5.93. The van der Waals surface area contributed by atoms with Crippen LogP contribution < -0.4 is 15.8 Å². The summed E-state index contributed by atoms with van der Waals surface area (Å²) in [6, 6.07) is 20.8. The van der Waals surface area contributed by atoms with Crippen LogP contribution >= 0.6 is 0 Å². The lowest BCUT2D eigenvalue weighted by molar-refractivity contribution is 0.288. The van der Waals surface area contributed by atoms with Gasteiger partial charge < -0.3 is 25.3 Å². The summed E-state index contributed by atoms with van der Waals surface area (Å²) in [5.41, 5.74) is 7.49. The predicted octanol–water partition coefficient (Wildman–Crippen LogP) is 7.36. The lowest BCUT2D eigenvalue weighted by atomic mass is 10.1. The van der Waals surface area contributed by atoms with Gasteiger partial charge in [-0.3, -0.25) is 0 Å². The van der Waals surface area contributed by atoms with Crippen molar-refractivity contribution in [3.8, 4) is 22.8 Å². The Kier molecular flexibility index (Phi) is 10.2. The Hall–Kier alpha value is -4.43. The first-order chi connectivity index (χ1) is 18.5. The Morgan fingerprint density at radius 1 is 0.974 bits per heavy atom. The van der Waals surface area contributed by atoms with Crippen LogP contribution in [-0.2, 0) is 6.61 Å². The number of nitrogens with two attached hydrogens (primary N) is 1. The Labute approximate surface area is 222 Å². The molecule has 38 heavy (non-hydrogen) atoms. The highest BCUT2D eigenvalue weighted by atomic mass is 19.1. The van der Waals surface area contributed by atoms with E-state index in [2.05, 4.69) is 34.9 Å². The predicted molar refractivity (Wildman–Crippen MR) is 150 cm³/mol. The SMILES string of the molecule is CCC.CN.Cc1ccc(-c2ccc3ncnc(Nc4ccc(OCc5cccc(F)c5)c(O)c4)c3c2)o1. The standard InChI is InChI=1S/C26H20FN3O3.C3H8.CH5N/c1-16-5-9-24(33-16)18-6-8-22-21(12-18)26(29-15-28-22)30-20-7-10-25(23(31)13-20)32-14-17-3-2-4-19(27)11-17;1-3-2;1-2/h2-13,15,31H,14H2,1H3,(H,28,29,30);3H2,1-2H3;2H2,1H3. The molecule has 8 heteroatoms. The average Bonchev–Trinajstić information content (AvgIpc) is 3.36. The molecule has 0 aliphatic rings. The van der Waals surface area contributed by atoms with Crippen LogP contribution in [0.2, 0.25) is 0 Å². The number of aromatic hydroxyl groups is 1. The van der Waals surface area contributed by atoms with Crippen LogP contribution in [0.1, 0.15) is 31.6 Å². The van der Waals surface area contributed by atoms with E-state index in [-0.39, 0.29) is 18.2 Å². The van der Waals surface area contributed by atoms with Gasteiger partial charge in [-0.05, 0) is 74.1 Å². The van der Waals surface area contributed by atoms with E-state index in [9.17, 15) is 9.50 Å². The highest BCUT2D eigenvalue weighted by Crippen LogP contribution is 2.33. The van der Waals surface area contributed by atoms with Crippen molar-refractivity contribution >= 4 is 22.4 Å². The molecule has 5 rings (SSSR count). The molecular formula is C30H33FN4O3. The fourth-order valence-corrected chi connectivity index (χ4v) is 3.54. The molecule has 2 heterocycles. The Morgan fingerprint density at radius 2 is 1.76 bits per heavy atom. The summed E-state index contributed by atoms with van der Waals surface area (Å²) >= 11 is 0. The lowest BCUT2D eigenvalue weighted by Crippen LogP contribution is -1.98. The zero-order chi connectivity index (χ0) is 27.5. The number of ether oxygens (including phenoxy) is 1. The van der Waals surface area contributed by atoms with Crippen molar-refractivity contribution < 1.29 is 18.7 Å². The molecule has 0 atom stereocenters. The zero-order valence-corrected chi connectivity index (χ0v) is 22.0. The molecular weight excluding hydrogens is 483 g/mol. The number of aryl methyl sites for hydroxylation is 1. The third-order valence-electron chi connectivity index (χ3n) is 5.17. The third kappa shape index (κ3) is 7.30. The van der Waals surface area contributed by atoms with Gasteiger partial charge in [0.2, 0.25) is 0 Å². The first-order valence-corrected chi connectivity index (χ1v) is 12.3. The molecule has 4 N–H and O–H groups in total. The van der Waals surface area contributed by atoms with Crippen LogP contribution in [0, 0.1) is 12.7 Å². The van der Waals surface area contributed by atoms with Crippen molar-refractivity contribution in [3.63, 3.8) is 0 Å². The monoisotopic (exact) mass is 516 g/mol. The Balaban J connectivity index is 0.000000748. The zero-order valence-electron chi connectivity index (χ0n) is 22.0. The molecule has 0 bridgehead atoms. The van der Waals surface area contributed by atoms with E-state index in [0.29, 0.717) is 22.8 Å². The number of fused-ring (bicyclic) bond motifs is 1. The summed E-state index contributed by atoms with van der Waals surface area (Å²) < 4.78 is 24.7. The molecule has 198 valence electrons. The number of nitrogens with one attached hydrogen (secondary N) is 1. The molecule has 2 aromatic heterocycles. The Bertz CT molecular complexity index is 1470. The van der Waals surface area contributed by atoms with Crippen LogP contribution in [0.5, 0.6) is 11.5 Å². The molecule has 0 aliphatic heterocycles. The third-order valence-corrected chi connectivity index (χ3v) is 5.17. The maximum Gasteiger partial charge on any atom is 0.161 e. The molecule has 0 spiro atoms. The summed E-state index contributed by atoms with van der Waals surface area (Å²) in [5.74, 6) is 2.12. The van der Waals surface area contributed by atoms with Crippen LogP contribution in [0.15, 0.2) is 83.5 Å². The second-order valence-corrected chi connectivity index (χ2v) is 8.30. The van der Waals surface area contributed by atoms with Gasteiger partial charge >= 0.3 is 0 Å². The van der Waals surface area contributed by atoms with Gasteiger partial charge in [0.05, 0.1) is 5.52 Å². The van der Waals surface area contributed by atoms with Crippen LogP contribution in [0.4, 0.5) is 15.9 Å². The van der Waals surface area contributed by atoms with Gasteiger partial charge in [-0.15, -0.1) is 0 Å². The van der Waals surface area contributed by atoms with Gasteiger partial charge in [-0.25, -0.2) is 14.4 Å². The van der Waals surface area contributed by atoms with Gasteiger partial charge in [0, 0.05) is 22.7 Å². The van der Waals surface area contributed by atoms with E-state index >= 15 is 0 Å². The van der Waals surface area contributed by atoms with Gasteiger partial charge in [0.15, 0.2) is 11.5 Å². The second-order valence-electron chi connectivity index (χ2n) is 8.30. The van der Waals surface area contributed by atoms with Gasteiger partial charge in [0.1, 0.15) is 36.1 Å². The number of furan rings is 1. The van der Waals surface area contributed by atoms with E-state index in [4.69, 9.17) is 9.15 Å². The van der Waals surface area contributed by atoms with Crippen molar-refractivity contribution in [1.82, 2.24) is 9.97 Å². The van der Waals surface area contributed by atoms with Gasteiger partial charge in [-0.2, -0.15) is 0 Å². The van der Waals surface area contributed by atoms with E-state index in [0.717, 1.165) is 28.0 Å². The summed E-state index contributed by atoms with van der Waals surface area (Å²) in [6.07, 6.45) is 2.73. The Morgan fingerprint density at radius 3 is 2.45 bits per heavy atom. The van der Waals surface area contributed by atoms with E-state index in [1.807, 2.05) is 37.3 Å². The van der Waals surface area contributed by atoms with Crippen molar-refractivity contribution in [2.24, 2.45) is 5.73 Å². The molecule has 0 amide bonds. The minimum atomic E-state index is -0.331. The fourth-order valence-electron chi connectivity index (χ4n) is 3.54. The number of halogens is 1. The van der Waals surface area contributed by atoms with E-state index in [1.54, 1.807) is 30.3 Å². The second kappa shape index (κ2) is 13.8. The van der Waals surface area contributed by atoms with Crippen LogP contribution in [0.3, 0.4) is 0 Å². The van der Waals surface area contributed by atoms with Crippen molar-refractivity contribution in [2.45, 2.75) is 33.8 Å². The first-order valence-electron chi connectivity index (χ1n) is 12.3. The summed E-state index contributed by atoms with van der Waals surface area (Å²) in [4.78, 5) is 8.71. The van der Waals surface area contributed by atoms with E-state index in [1.165, 1.54) is 31.9 Å². The quantitative estimate of drug-likeness (QED) is 0.216. The lowest BCUT2D eigenvalue weighted by Gasteiger charge is -2.12. The average molecular weight is 517 g/mol. The van der Waals surface area contributed by atoms with Crippen LogP contribution in [0.25, 0.3) is 22.2 Å². The number of hydrogen-bond donors (Lipinski definition) is 3. The van der Waals surface area contributed by atoms with E-state index < -0.39 is 0 Å². The molecule has 0 fully saturated rings. The molecule has 0 aliphatic carbocycles. The molecule has 5 aromatic rings. The highest BCUT2D eigenvalue weighted by Gasteiger charge is 2.11. The minimum absolute atomic E-state index is 0.0403. The van der Waals surface area contributed by atoms with Crippen molar-refractivity contribution in [1.29, 1.82) is 0 Å². The number of nitrogens with zero attached hydrogens (tertiary/aromatic N) is 2. The molecule has 7 nitrogen and oxygen atoms in total. The first kappa shape index (κ1) is 28.1. The number of phenolic OH excluding ortho intramolecular Hbond substituents is 1. The molecule has 3 aromatic carbocycles. The number of anilines is 2. The van der Waals surface area contributed by atoms with Gasteiger partial charge in [-0.1, -0.05) is 32.4 Å². The number of phenols is 1. The summed E-state index contributed by atoms with van der Waals surface area (Å²) in [7, 11) is 1.50. The number of aromatic nitrogens is 2. The number of hydrogen-bond acceptors (Lipinski definition) is 7. The fraction of sp³-hybridized carbons (Fsp3) is 0.200. The normalized spacial score (nSPS) is 10.2. The largest absolute Gasteiger partial charge is 0.504 e. The van der Waals surface area contributed by atoms with Crippen molar-refractivity contribution in [3.05, 3.63) is 96.3 Å². The molecule has 0 saturated carbocycles. The topological polar surface area (TPSA) is 106 Å². The van der Waals surface area contributed by atoms with Gasteiger partial charge in [0.25, 0.3) is 0 Å². The maximum absolute atomic E-state index is 13.3. The minimum Gasteiger partial charge on any atom is -0.504 e. The van der Waals surface area contributed by atoms with Crippen LogP contribution in [-0.4, -0.2) is 22.1 Å². The number of rotatable bonds is 6. The maximum atomic E-state index is 13.3. The molecule has 0 unspecified atom stereocenters. The number of benzene rings is 3. The summed E-state index contributed by atoms with van der Waals surface area (Å²) in [5, 5.41) is 14.5. The van der Waals surface area contributed by atoms with Crippen molar-refractivity contribution in [2.75, 3.05) is 12.4 Å². The summed E-state index contributed by atoms with van der Waals surface area (Å²) in [6.45, 7) is 6.29. The molecule has 0 radical (unpaired) electrons.